The fourth-order valence-electron chi connectivity index (χ4n) is 2.11. The molecule has 1 nitrogen and oxygen atoms in total. The van der Waals surface area contributed by atoms with Crippen LogP contribution in [0.3, 0.4) is 0 Å². The van der Waals surface area contributed by atoms with Gasteiger partial charge in [0.2, 0.25) is 0 Å². The first kappa shape index (κ1) is 15.0. The predicted octanol–water partition coefficient (Wildman–Crippen LogP) is 4.32. The molecule has 1 atom stereocenters. The predicted molar refractivity (Wildman–Crippen MR) is 70.3 cm³/mol. The fraction of sp³-hybridized carbons (Fsp3) is 1.00. The molecule has 0 aliphatic heterocycles. The average molecular weight is 213 g/mol. The van der Waals surface area contributed by atoms with Crippen molar-refractivity contribution in [1.82, 2.24) is 4.90 Å². The topological polar surface area (TPSA) is 3.24 Å². The standard InChI is InChI=1S/C14H31N/c1-6-8-10-15(11-9-7-2)14(5)12-13(3)4/h13-14H,6-12H2,1-5H3/t14-/m0/s1. The summed E-state index contributed by atoms with van der Waals surface area (Å²) in [5.74, 6) is 0.825. The SMILES string of the molecule is CCCCN(CCCC)[C@@H](C)CC(C)C. The summed E-state index contributed by atoms with van der Waals surface area (Å²) < 4.78 is 0. The van der Waals surface area contributed by atoms with Gasteiger partial charge in [0.15, 0.2) is 0 Å². The fourth-order valence-corrected chi connectivity index (χ4v) is 2.11. The molecule has 0 aromatic rings. The molecule has 0 N–H and O–H groups in total. The van der Waals surface area contributed by atoms with E-state index in [-0.39, 0.29) is 0 Å². The van der Waals surface area contributed by atoms with Crippen LogP contribution in [0.2, 0.25) is 0 Å². The van der Waals surface area contributed by atoms with Crippen molar-refractivity contribution in [3.8, 4) is 0 Å². The van der Waals surface area contributed by atoms with E-state index in [2.05, 4.69) is 39.5 Å². The van der Waals surface area contributed by atoms with Crippen LogP contribution < -0.4 is 0 Å². The highest BCUT2D eigenvalue weighted by atomic mass is 15.1. The van der Waals surface area contributed by atoms with Gasteiger partial charge >= 0.3 is 0 Å². The molecule has 0 saturated heterocycles. The molecule has 0 saturated carbocycles. The molecule has 0 radical (unpaired) electrons. The first-order valence-electron chi connectivity index (χ1n) is 6.85. The second kappa shape index (κ2) is 9.21. The second-order valence-electron chi connectivity index (χ2n) is 5.22. The summed E-state index contributed by atoms with van der Waals surface area (Å²) in [4.78, 5) is 2.69. The summed E-state index contributed by atoms with van der Waals surface area (Å²) in [5.41, 5.74) is 0. The molecule has 92 valence electrons. The minimum absolute atomic E-state index is 0.767. The van der Waals surface area contributed by atoms with Gasteiger partial charge in [0.1, 0.15) is 0 Å². The van der Waals surface area contributed by atoms with Gasteiger partial charge in [0, 0.05) is 6.04 Å². The first-order chi connectivity index (χ1) is 7.11. The van der Waals surface area contributed by atoms with E-state index in [9.17, 15) is 0 Å². The number of hydrogen-bond acceptors (Lipinski definition) is 1. The second-order valence-corrected chi connectivity index (χ2v) is 5.22. The van der Waals surface area contributed by atoms with Crippen LogP contribution in [0, 0.1) is 5.92 Å². The maximum Gasteiger partial charge on any atom is 0.00693 e. The van der Waals surface area contributed by atoms with E-state index in [0.717, 1.165) is 12.0 Å². The minimum Gasteiger partial charge on any atom is -0.301 e. The summed E-state index contributed by atoms with van der Waals surface area (Å²) in [6, 6.07) is 0.767. The van der Waals surface area contributed by atoms with Crippen LogP contribution in [0.25, 0.3) is 0 Å². The van der Waals surface area contributed by atoms with Gasteiger partial charge in [-0.15, -0.1) is 0 Å². The quantitative estimate of drug-likeness (QED) is 0.551. The Morgan fingerprint density at radius 1 is 0.867 bits per heavy atom. The molecule has 0 fully saturated rings. The molecular formula is C14H31N. The highest BCUT2D eigenvalue weighted by Gasteiger charge is 2.13. The van der Waals surface area contributed by atoms with Gasteiger partial charge in [-0.05, 0) is 45.2 Å². The van der Waals surface area contributed by atoms with E-state index in [0.29, 0.717) is 0 Å². The van der Waals surface area contributed by atoms with Crippen LogP contribution in [-0.4, -0.2) is 24.0 Å². The van der Waals surface area contributed by atoms with Crippen molar-refractivity contribution >= 4 is 0 Å². The maximum absolute atomic E-state index is 2.69. The lowest BCUT2D eigenvalue weighted by molar-refractivity contribution is 0.181. The Bertz CT molecular complexity index is 123. The van der Waals surface area contributed by atoms with Crippen molar-refractivity contribution in [2.24, 2.45) is 5.92 Å². The summed E-state index contributed by atoms with van der Waals surface area (Å²) in [6.45, 7) is 14.2. The van der Waals surface area contributed by atoms with Gasteiger partial charge in [-0.3, -0.25) is 0 Å². The molecule has 0 aromatic carbocycles. The Morgan fingerprint density at radius 3 is 1.67 bits per heavy atom. The van der Waals surface area contributed by atoms with Crippen LogP contribution >= 0.6 is 0 Å². The lowest BCUT2D eigenvalue weighted by Gasteiger charge is -2.30. The molecule has 0 heterocycles. The van der Waals surface area contributed by atoms with E-state index in [1.54, 1.807) is 0 Å². The van der Waals surface area contributed by atoms with Crippen molar-refractivity contribution in [2.45, 2.75) is 72.8 Å². The Kier molecular flexibility index (Phi) is 9.18. The van der Waals surface area contributed by atoms with Gasteiger partial charge in [-0.25, -0.2) is 0 Å². The Hall–Kier alpha value is -0.0400. The third-order valence-electron chi connectivity index (χ3n) is 3.03. The van der Waals surface area contributed by atoms with Crippen molar-refractivity contribution in [1.29, 1.82) is 0 Å². The van der Waals surface area contributed by atoms with Gasteiger partial charge in [0.25, 0.3) is 0 Å². The third-order valence-corrected chi connectivity index (χ3v) is 3.03. The first-order valence-corrected chi connectivity index (χ1v) is 6.85. The minimum atomic E-state index is 0.767. The van der Waals surface area contributed by atoms with Gasteiger partial charge < -0.3 is 4.90 Å². The number of nitrogens with zero attached hydrogens (tertiary/aromatic N) is 1. The smallest absolute Gasteiger partial charge is 0.00693 e. The Morgan fingerprint density at radius 2 is 1.33 bits per heavy atom. The molecule has 0 bridgehead atoms. The number of unbranched alkanes of at least 4 members (excludes halogenated alkanes) is 2. The zero-order chi connectivity index (χ0) is 11.7. The van der Waals surface area contributed by atoms with Crippen molar-refractivity contribution in [3.63, 3.8) is 0 Å². The van der Waals surface area contributed by atoms with Gasteiger partial charge in [-0.2, -0.15) is 0 Å². The summed E-state index contributed by atoms with van der Waals surface area (Å²) in [5, 5.41) is 0. The molecule has 0 rings (SSSR count). The number of rotatable bonds is 9. The Labute approximate surface area is 97.2 Å². The molecule has 0 unspecified atom stereocenters. The van der Waals surface area contributed by atoms with Crippen LogP contribution in [0.15, 0.2) is 0 Å². The maximum atomic E-state index is 2.69. The van der Waals surface area contributed by atoms with Crippen molar-refractivity contribution < 1.29 is 0 Å². The Balaban J connectivity index is 3.95. The molecule has 0 aliphatic rings. The molecule has 0 amide bonds. The van der Waals surface area contributed by atoms with Gasteiger partial charge in [-0.1, -0.05) is 40.5 Å². The molecule has 0 aliphatic carbocycles. The lowest BCUT2D eigenvalue weighted by Crippen LogP contribution is -2.35. The summed E-state index contributed by atoms with van der Waals surface area (Å²) in [7, 11) is 0. The molecule has 15 heavy (non-hydrogen) atoms. The van der Waals surface area contributed by atoms with Crippen molar-refractivity contribution in [2.75, 3.05) is 13.1 Å². The van der Waals surface area contributed by atoms with Crippen LogP contribution in [0.1, 0.15) is 66.7 Å². The van der Waals surface area contributed by atoms with E-state index in [1.807, 2.05) is 0 Å². The average Bonchev–Trinajstić information content (AvgIpc) is 2.17. The van der Waals surface area contributed by atoms with Gasteiger partial charge in [0.05, 0.1) is 0 Å². The summed E-state index contributed by atoms with van der Waals surface area (Å²) in [6.07, 6.45) is 6.68. The molecule has 1 heteroatoms. The lowest BCUT2D eigenvalue weighted by atomic mass is 10.0. The molecule has 0 aromatic heterocycles. The normalized spacial score (nSPS) is 13.8. The zero-order valence-corrected chi connectivity index (χ0v) is 11.6. The van der Waals surface area contributed by atoms with Crippen LogP contribution in [0.4, 0.5) is 0 Å². The van der Waals surface area contributed by atoms with E-state index in [1.165, 1.54) is 45.2 Å². The zero-order valence-electron chi connectivity index (χ0n) is 11.6. The van der Waals surface area contributed by atoms with Crippen molar-refractivity contribution in [3.05, 3.63) is 0 Å². The van der Waals surface area contributed by atoms with Crippen LogP contribution in [-0.2, 0) is 0 Å². The summed E-state index contributed by atoms with van der Waals surface area (Å²) >= 11 is 0. The van der Waals surface area contributed by atoms with E-state index in [4.69, 9.17) is 0 Å². The molecular weight excluding hydrogens is 182 g/mol. The van der Waals surface area contributed by atoms with E-state index < -0.39 is 0 Å². The monoisotopic (exact) mass is 213 g/mol. The molecule has 0 spiro atoms. The highest BCUT2D eigenvalue weighted by Crippen LogP contribution is 2.13. The van der Waals surface area contributed by atoms with E-state index >= 15 is 0 Å². The van der Waals surface area contributed by atoms with Crippen LogP contribution in [0.5, 0.6) is 0 Å². The highest BCUT2D eigenvalue weighted by molar-refractivity contribution is 4.68. The third kappa shape index (κ3) is 7.84. The largest absolute Gasteiger partial charge is 0.301 e. The number of hydrogen-bond donors (Lipinski definition) is 0.